The van der Waals surface area contributed by atoms with E-state index in [9.17, 15) is 4.79 Å². The lowest BCUT2D eigenvalue weighted by molar-refractivity contribution is -0.148. The first-order valence-corrected chi connectivity index (χ1v) is 4.77. The Kier molecular flexibility index (Phi) is 3.50. The van der Waals surface area contributed by atoms with Crippen LogP contribution in [0.5, 0.6) is 0 Å². The Hall–Kier alpha value is -0.610. The Balaban J connectivity index is 2.55. The van der Waals surface area contributed by atoms with Crippen LogP contribution in [-0.2, 0) is 19.0 Å². The highest BCUT2D eigenvalue weighted by molar-refractivity contribution is 5.72. The van der Waals surface area contributed by atoms with E-state index in [4.69, 9.17) is 14.2 Å². The molecule has 1 rings (SSSR count). The van der Waals surface area contributed by atoms with Gasteiger partial charge in [-0.1, -0.05) is 0 Å². The fourth-order valence-corrected chi connectivity index (χ4v) is 1.75. The van der Waals surface area contributed by atoms with Crippen LogP contribution in [0.3, 0.4) is 0 Å². The molecule has 1 aliphatic rings. The molecular weight excluding hydrogens is 184 g/mol. The largest absolute Gasteiger partial charge is 0.459 e. The maximum absolute atomic E-state index is 11.1. The van der Waals surface area contributed by atoms with Gasteiger partial charge in [0.15, 0.2) is 6.29 Å². The third-order valence-corrected chi connectivity index (χ3v) is 2.78. The van der Waals surface area contributed by atoms with Gasteiger partial charge in [0.1, 0.15) is 5.60 Å². The average molecular weight is 202 g/mol. The molecule has 0 radical (unpaired) electrons. The Morgan fingerprint density at radius 1 is 1.50 bits per heavy atom. The summed E-state index contributed by atoms with van der Waals surface area (Å²) < 4.78 is 15.4. The maximum atomic E-state index is 11.1. The summed E-state index contributed by atoms with van der Waals surface area (Å²) in [6.07, 6.45) is 0.885. The number of hydrogen-bond acceptors (Lipinski definition) is 4. The van der Waals surface area contributed by atoms with Crippen LogP contribution in [0.15, 0.2) is 0 Å². The molecule has 1 unspecified atom stereocenters. The van der Waals surface area contributed by atoms with Gasteiger partial charge in [-0.25, -0.2) is 0 Å². The topological polar surface area (TPSA) is 44.8 Å². The molecule has 4 nitrogen and oxygen atoms in total. The summed E-state index contributed by atoms with van der Waals surface area (Å²) in [5.74, 6) is 0.0332. The highest BCUT2D eigenvalue weighted by Gasteiger charge is 2.42. The summed E-state index contributed by atoms with van der Waals surface area (Å²) in [6, 6.07) is 0. The second kappa shape index (κ2) is 4.28. The van der Waals surface area contributed by atoms with Crippen LogP contribution in [0, 0.1) is 5.92 Å². The molecule has 1 aliphatic heterocycles. The Morgan fingerprint density at radius 2 is 2.07 bits per heavy atom. The van der Waals surface area contributed by atoms with Gasteiger partial charge in [-0.15, -0.1) is 0 Å². The Bertz CT molecular complexity index is 208. The lowest BCUT2D eigenvalue weighted by Gasteiger charge is -2.27. The zero-order chi connectivity index (χ0) is 10.8. The summed E-state index contributed by atoms with van der Waals surface area (Å²) in [5, 5.41) is 0. The number of carbonyl (C=O) groups is 1. The van der Waals surface area contributed by atoms with Gasteiger partial charge in [-0.05, 0) is 13.8 Å². The van der Waals surface area contributed by atoms with Crippen molar-refractivity contribution in [1.82, 2.24) is 0 Å². The molecule has 0 amide bonds. The molecule has 1 fully saturated rings. The van der Waals surface area contributed by atoms with Gasteiger partial charge in [0, 0.05) is 26.6 Å². The molecule has 0 saturated carbocycles. The first-order chi connectivity index (χ1) is 6.49. The Morgan fingerprint density at radius 3 is 2.43 bits per heavy atom. The summed E-state index contributed by atoms with van der Waals surface area (Å²) >= 11 is 0. The van der Waals surface area contributed by atoms with Crippen molar-refractivity contribution in [3.05, 3.63) is 0 Å². The standard InChI is InChI=1S/C10H18O4/c1-10(2)7(5-8(11)14-10)6-9(12-3)13-4/h7,9H,5-6H2,1-4H3. The van der Waals surface area contributed by atoms with Crippen LogP contribution >= 0.6 is 0 Å². The van der Waals surface area contributed by atoms with Crippen molar-refractivity contribution in [2.45, 2.75) is 38.6 Å². The van der Waals surface area contributed by atoms with Gasteiger partial charge in [-0.2, -0.15) is 0 Å². The van der Waals surface area contributed by atoms with Gasteiger partial charge in [0.25, 0.3) is 0 Å². The van der Waals surface area contributed by atoms with E-state index < -0.39 is 5.60 Å². The zero-order valence-electron chi connectivity index (χ0n) is 9.20. The van der Waals surface area contributed by atoms with Crippen molar-refractivity contribution in [2.24, 2.45) is 5.92 Å². The zero-order valence-corrected chi connectivity index (χ0v) is 9.20. The lowest BCUT2D eigenvalue weighted by Crippen LogP contribution is -2.31. The molecule has 1 saturated heterocycles. The normalized spacial score (nSPS) is 25.5. The molecule has 0 aliphatic carbocycles. The molecule has 0 spiro atoms. The molecule has 0 N–H and O–H groups in total. The van der Waals surface area contributed by atoms with Crippen molar-refractivity contribution in [3.8, 4) is 0 Å². The second-order valence-corrected chi connectivity index (χ2v) is 4.12. The molecule has 0 bridgehead atoms. The first-order valence-electron chi connectivity index (χ1n) is 4.77. The van der Waals surface area contributed by atoms with E-state index in [-0.39, 0.29) is 18.2 Å². The van der Waals surface area contributed by atoms with Crippen LogP contribution < -0.4 is 0 Å². The maximum Gasteiger partial charge on any atom is 0.306 e. The first kappa shape index (κ1) is 11.5. The Labute approximate surface area is 84.5 Å². The second-order valence-electron chi connectivity index (χ2n) is 4.12. The predicted molar refractivity (Wildman–Crippen MR) is 50.7 cm³/mol. The van der Waals surface area contributed by atoms with Crippen molar-refractivity contribution in [3.63, 3.8) is 0 Å². The minimum absolute atomic E-state index is 0.133. The number of esters is 1. The monoisotopic (exact) mass is 202 g/mol. The highest BCUT2D eigenvalue weighted by Crippen LogP contribution is 2.35. The fourth-order valence-electron chi connectivity index (χ4n) is 1.75. The van der Waals surface area contributed by atoms with Crippen LogP contribution in [0.4, 0.5) is 0 Å². The molecular formula is C10H18O4. The fraction of sp³-hybridized carbons (Fsp3) is 0.900. The molecule has 4 heteroatoms. The van der Waals surface area contributed by atoms with E-state index in [2.05, 4.69) is 0 Å². The van der Waals surface area contributed by atoms with Crippen molar-refractivity contribution in [1.29, 1.82) is 0 Å². The average Bonchev–Trinajstić information content (AvgIpc) is 2.35. The molecule has 1 heterocycles. The molecule has 0 aromatic heterocycles. The van der Waals surface area contributed by atoms with Crippen LogP contribution in [0.2, 0.25) is 0 Å². The number of carbonyl (C=O) groups excluding carboxylic acids is 1. The van der Waals surface area contributed by atoms with E-state index >= 15 is 0 Å². The molecule has 14 heavy (non-hydrogen) atoms. The molecule has 82 valence electrons. The minimum atomic E-state index is -0.396. The predicted octanol–water partition coefficient (Wildman–Crippen LogP) is 1.34. The SMILES string of the molecule is COC(CC1CC(=O)OC1(C)C)OC. The number of cyclic esters (lactones) is 1. The minimum Gasteiger partial charge on any atom is -0.459 e. The molecule has 0 aromatic carbocycles. The van der Waals surface area contributed by atoms with Gasteiger partial charge in [-0.3, -0.25) is 4.79 Å². The summed E-state index contributed by atoms with van der Waals surface area (Å²) in [7, 11) is 3.19. The van der Waals surface area contributed by atoms with Gasteiger partial charge >= 0.3 is 5.97 Å². The van der Waals surface area contributed by atoms with E-state index in [0.29, 0.717) is 12.8 Å². The van der Waals surface area contributed by atoms with Crippen LogP contribution in [0.1, 0.15) is 26.7 Å². The van der Waals surface area contributed by atoms with E-state index in [1.54, 1.807) is 14.2 Å². The summed E-state index contributed by atoms with van der Waals surface area (Å²) in [4.78, 5) is 11.1. The number of hydrogen-bond donors (Lipinski definition) is 0. The summed E-state index contributed by atoms with van der Waals surface area (Å²) in [6.45, 7) is 3.84. The van der Waals surface area contributed by atoms with Crippen molar-refractivity contribution < 1.29 is 19.0 Å². The number of rotatable bonds is 4. The van der Waals surface area contributed by atoms with E-state index in [1.807, 2.05) is 13.8 Å². The lowest BCUT2D eigenvalue weighted by atomic mass is 9.88. The quantitative estimate of drug-likeness (QED) is 0.509. The third kappa shape index (κ3) is 2.45. The van der Waals surface area contributed by atoms with E-state index in [1.165, 1.54) is 0 Å². The van der Waals surface area contributed by atoms with Crippen molar-refractivity contribution in [2.75, 3.05) is 14.2 Å². The van der Waals surface area contributed by atoms with Crippen LogP contribution in [0.25, 0.3) is 0 Å². The molecule has 1 atom stereocenters. The van der Waals surface area contributed by atoms with E-state index in [0.717, 1.165) is 0 Å². The molecule has 0 aromatic rings. The van der Waals surface area contributed by atoms with Crippen LogP contribution in [-0.4, -0.2) is 32.1 Å². The number of methoxy groups -OCH3 is 2. The van der Waals surface area contributed by atoms with Gasteiger partial charge < -0.3 is 14.2 Å². The third-order valence-electron chi connectivity index (χ3n) is 2.78. The highest BCUT2D eigenvalue weighted by atomic mass is 16.7. The number of ether oxygens (including phenoxy) is 3. The smallest absolute Gasteiger partial charge is 0.306 e. The van der Waals surface area contributed by atoms with Gasteiger partial charge in [0.2, 0.25) is 0 Å². The van der Waals surface area contributed by atoms with Crippen molar-refractivity contribution >= 4 is 5.97 Å². The van der Waals surface area contributed by atoms with Gasteiger partial charge in [0.05, 0.1) is 6.42 Å². The summed E-state index contributed by atoms with van der Waals surface area (Å²) in [5.41, 5.74) is -0.396.